The van der Waals surface area contributed by atoms with Gasteiger partial charge in [0.15, 0.2) is 0 Å². The van der Waals surface area contributed by atoms with E-state index < -0.39 is 22.6 Å². The Labute approximate surface area is 154 Å². The van der Waals surface area contributed by atoms with Gasteiger partial charge in [-0.15, -0.1) is 0 Å². The molecule has 0 aliphatic rings. The monoisotopic (exact) mass is 384 g/mol. The number of aromatic nitrogens is 2. The lowest BCUT2D eigenvalue weighted by Crippen LogP contribution is -2.18. The molecule has 0 amide bonds. The van der Waals surface area contributed by atoms with E-state index in [0.717, 1.165) is 0 Å². The highest BCUT2D eigenvalue weighted by molar-refractivity contribution is 5.77. The van der Waals surface area contributed by atoms with E-state index in [1.54, 1.807) is 12.1 Å². The van der Waals surface area contributed by atoms with Crippen molar-refractivity contribution in [2.24, 2.45) is 0 Å². The Bertz CT molecular complexity index is 1300. The first-order valence-electron chi connectivity index (χ1n) is 8.09. The van der Waals surface area contributed by atoms with E-state index in [1.165, 1.54) is 24.3 Å². The molecule has 2 aromatic carbocycles. The van der Waals surface area contributed by atoms with Gasteiger partial charge in [-0.3, -0.25) is 19.6 Å². The van der Waals surface area contributed by atoms with Crippen molar-refractivity contribution in [1.82, 2.24) is 9.97 Å². The van der Waals surface area contributed by atoms with Crippen molar-refractivity contribution in [2.45, 2.75) is 0 Å². The predicted octanol–water partition coefficient (Wildman–Crippen LogP) is 0.734. The second-order valence-corrected chi connectivity index (χ2v) is 5.70. The first-order valence-corrected chi connectivity index (χ1v) is 8.09. The third-order valence-corrected chi connectivity index (χ3v) is 3.85. The molecule has 0 atom stereocenters. The number of ether oxygens (including phenoxy) is 2. The van der Waals surface area contributed by atoms with E-state index in [4.69, 9.17) is 18.3 Å². The number of hydrogen-bond donors (Lipinski definition) is 2. The van der Waals surface area contributed by atoms with Gasteiger partial charge in [0, 0.05) is 12.1 Å². The van der Waals surface area contributed by atoms with Crippen LogP contribution in [0.25, 0.3) is 21.9 Å². The van der Waals surface area contributed by atoms with Gasteiger partial charge in [0.1, 0.15) is 35.9 Å². The smallest absolute Gasteiger partial charge is 0.419 e. The van der Waals surface area contributed by atoms with Crippen LogP contribution in [0.15, 0.2) is 64.4 Å². The first kappa shape index (κ1) is 17.3. The molecule has 0 bridgehead atoms. The Balaban J connectivity index is 1.43. The van der Waals surface area contributed by atoms with Crippen molar-refractivity contribution < 1.29 is 18.3 Å². The van der Waals surface area contributed by atoms with Crippen LogP contribution in [0.3, 0.4) is 0 Å². The summed E-state index contributed by atoms with van der Waals surface area (Å²) >= 11 is 0. The van der Waals surface area contributed by atoms with Crippen LogP contribution in [0.4, 0.5) is 0 Å². The predicted molar refractivity (Wildman–Crippen MR) is 97.2 cm³/mol. The van der Waals surface area contributed by atoms with Crippen LogP contribution in [0.1, 0.15) is 0 Å². The van der Waals surface area contributed by atoms with Crippen LogP contribution in [-0.4, -0.2) is 23.2 Å². The molecule has 2 heterocycles. The zero-order chi connectivity index (χ0) is 19.7. The molecule has 0 saturated heterocycles. The summed E-state index contributed by atoms with van der Waals surface area (Å²) in [7, 11) is 0. The SMILES string of the molecule is O=c1[nH]c(=O)c2ccc(OCCOc3ccc4c(=O)[nH]c(=O)oc4c3)cc2o1. The lowest BCUT2D eigenvalue weighted by molar-refractivity contribution is 0.217. The molecule has 0 fully saturated rings. The van der Waals surface area contributed by atoms with Gasteiger partial charge < -0.3 is 18.3 Å². The maximum atomic E-state index is 11.6. The minimum absolute atomic E-state index is 0.113. The number of hydrogen-bond acceptors (Lipinski definition) is 8. The zero-order valence-electron chi connectivity index (χ0n) is 14.1. The van der Waals surface area contributed by atoms with E-state index in [0.29, 0.717) is 11.5 Å². The third-order valence-electron chi connectivity index (χ3n) is 3.85. The van der Waals surface area contributed by atoms with E-state index in [-0.39, 0.29) is 35.2 Å². The Kier molecular flexibility index (Phi) is 4.28. The van der Waals surface area contributed by atoms with Crippen LogP contribution in [0, 0.1) is 0 Å². The standard InChI is InChI=1S/C18H12N2O8/c21-15-11-3-1-9(7-13(11)27-17(23)19-15)25-5-6-26-10-2-4-12-14(8-10)28-18(24)20-16(12)22/h1-4,7-8H,5-6H2,(H,19,21,23)(H,20,22,24). The van der Waals surface area contributed by atoms with Crippen LogP contribution in [-0.2, 0) is 0 Å². The van der Waals surface area contributed by atoms with Crippen molar-refractivity contribution in [1.29, 1.82) is 0 Å². The number of nitrogens with one attached hydrogen (secondary N) is 2. The molecule has 0 saturated carbocycles. The van der Waals surface area contributed by atoms with Gasteiger partial charge in [0.05, 0.1) is 10.8 Å². The average Bonchev–Trinajstić information content (AvgIpc) is 2.64. The topological polar surface area (TPSA) is 145 Å². The first-order chi connectivity index (χ1) is 13.5. The summed E-state index contributed by atoms with van der Waals surface area (Å²) in [6.45, 7) is 0.298. The maximum absolute atomic E-state index is 11.6. The quantitative estimate of drug-likeness (QED) is 0.479. The molecule has 4 rings (SSSR count). The number of aromatic amines is 2. The van der Waals surface area contributed by atoms with Gasteiger partial charge in [-0.05, 0) is 24.3 Å². The Morgan fingerprint density at radius 3 is 1.54 bits per heavy atom. The number of H-pyrrole nitrogens is 2. The Morgan fingerprint density at radius 1 is 0.679 bits per heavy atom. The highest BCUT2D eigenvalue weighted by Gasteiger charge is 2.06. The van der Waals surface area contributed by atoms with E-state index in [1.807, 2.05) is 9.97 Å². The minimum atomic E-state index is -0.847. The Morgan fingerprint density at radius 2 is 1.11 bits per heavy atom. The normalized spacial score (nSPS) is 11.0. The van der Waals surface area contributed by atoms with E-state index in [2.05, 4.69) is 0 Å². The second kappa shape index (κ2) is 6.91. The summed E-state index contributed by atoms with van der Waals surface area (Å²) < 4.78 is 20.9. The van der Waals surface area contributed by atoms with Gasteiger partial charge >= 0.3 is 11.5 Å². The van der Waals surface area contributed by atoms with E-state index >= 15 is 0 Å². The maximum Gasteiger partial charge on any atom is 0.419 e. The van der Waals surface area contributed by atoms with Gasteiger partial charge in [0.2, 0.25) is 0 Å². The van der Waals surface area contributed by atoms with Crippen molar-refractivity contribution in [3.05, 3.63) is 78.2 Å². The van der Waals surface area contributed by atoms with E-state index in [9.17, 15) is 19.2 Å². The lowest BCUT2D eigenvalue weighted by Gasteiger charge is -2.09. The van der Waals surface area contributed by atoms with Gasteiger partial charge in [0.25, 0.3) is 11.1 Å². The van der Waals surface area contributed by atoms with Crippen LogP contribution >= 0.6 is 0 Å². The zero-order valence-corrected chi connectivity index (χ0v) is 14.1. The summed E-state index contributed by atoms with van der Waals surface area (Å²) in [5.41, 5.74) is -0.852. The molecule has 10 nitrogen and oxygen atoms in total. The molecule has 2 N–H and O–H groups in total. The number of benzene rings is 2. The number of rotatable bonds is 5. The fraction of sp³-hybridized carbons (Fsp3) is 0.111. The Hall–Kier alpha value is -4.08. The molecule has 4 aromatic rings. The van der Waals surface area contributed by atoms with Gasteiger partial charge in [-0.25, -0.2) is 9.59 Å². The summed E-state index contributed by atoms with van der Waals surface area (Å²) in [5.74, 6) is -0.915. The molecule has 28 heavy (non-hydrogen) atoms. The molecule has 142 valence electrons. The molecule has 0 aliphatic heterocycles. The molecular weight excluding hydrogens is 372 g/mol. The lowest BCUT2D eigenvalue weighted by atomic mass is 10.2. The van der Waals surface area contributed by atoms with Crippen molar-refractivity contribution >= 4 is 21.9 Å². The van der Waals surface area contributed by atoms with Gasteiger partial charge in [-0.2, -0.15) is 0 Å². The van der Waals surface area contributed by atoms with Crippen LogP contribution in [0.2, 0.25) is 0 Å². The highest BCUT2D eigenvalue weighted by atomic mass is 16.5. The third kappa shape index (κ3) is 3.43. The van der Waals surface area contributed by atoms with Crippen LogP contribution < -0.4 is 32.1 Å². The fourth-order valence-electron chi connectivity index (χ4n) is 2.62. The van der Waals surface area contributed by atoms with Crippen molar-refractivity contribution in [2.75, 3.05) is 13.2 Å². The van der Waals surface area contributed by atoms with Crippen LogP contribution in [0.5, 0.6) is 11.5 Å². The molecule has 0 radical (unpaired) electrons. The fourth-order valence-corrected chi connectivity index (χ4v) is 2.62. The van der Waals surface area contributed by atoms with Crippen molar-refractivity contribution in [3.63, 3.8) is 0 Å². The summed E-state index contributed by atoms with van der Waals surface area (Å²) in [5, 5.41) is 0.465. The molecule has 0 aliphatic carbocycles. The minimum Gasteiger partial charge on any atom is -0.490 e. The van der Waals surface area contributed by atoms with Crippen molar-refractivity contribution in [3.8, 4) is 11.5 Å². The molecule has 0 spiro atoms. The largest absolute Gasteiger partial charge is 0.490 e. The highest BCUT2D eigenvalue weighted by Crippen LogP contribution is 2.19. The second-order valence-electron chi connectivity index (χ2n) is 5.70. The number of fused-ring (bicyclic) bond motifs is 2. The summed E-state index contributed by atoms with van der Waals surface area (Å²) in [4.78, 5) is 49.8. The molecule has 2 aromatic heterocycles. The van der Waals surface area contributed by atoms with Gasteiger partial charge in [-0.1, -0.05) is 0 Å². The summed E-state index contributed by atoms with van der Waals surface area (Å²) in [6, 6.07) is 8.96. The molecular formula is C18H12N2O8. The molecule has 10 heteroatoms. The average molecular weight is 384 g/mol. The summed E-state index contributed by atoms with van der Waals surface area (Å²) in [6.07, 6.45) is 0. The molecule has 0 unspecified atom stereocenters.